The maximum absolute atomic E-state index is 11.0. The van der Waals surface area contributed by atoms with Gasteiger partial charge in [-0.3, -0.25) is 0 Å². The molecule has 0 aromatic rings. The number of nitrogens with zero attached hydrogens (tertiary/aromatic N) is 1. The quantitative estimate of drug-likeness (QED) is 0.411. The van der Waals surface area contributed by atoms with Crippen LogP contribution in [0.2, 0.25) is 0 Å². The molecule has 0 aromatic heterocycles. The van der Waals surface area contributed by atoms with Crippen molar-refractivity contribution in [2.75, 3.05) is 0 Å². The standard InChI is InChI=1S/C5H11N.C4H10O.C3H2F6O.CH3.Ta/c1-4-5(2,3)6;1-4(2,3)5;4-2(5,6)1(10)3(7,8)9;;/h4H2,1-3H3;5H,1-3H3;1,10H;1H3;/q;;;-1;. The molecule has 0 bridgehead atoms. The fourth-order valence-electron chi connectivity index (χ4n) is 0.256. The number of aliphatic hydroxyl groups is 2. The summed E-state index contributed by atoms with van der Waals surface area (Å²) in [5, 5.41) is 16.0. The molecule has 0 saturated carbocycles. The van der Waals surface area contributed by atoms with Gasteiger partial charge in [-0.2, -0.15) is 26.3 Å². The van der Waals surface area contributed by atoms with Gasteiger partial charge in [-0.25, -0.2) is 0 Å². The Morgan fingerprint density at radius 3 is 1.13 bits per heavy atom. The van der Waals surface area contributed by atoms with Crippen molar-refractivity contribution < 1.29 is 57.4 Å². The fraction of sp³-hybridized carbons (Fsp3) is 0.923. The molecule has 23 heavy (non-hydrogen) atoms. The Hall–Kier alpha value is 0.0403. The third-order valence-electron chi connectivity index (χ3n) is 1.76. The molecule has 0 spiro atoms. The van der Waals surface area contributed by atoms with Gasteiger partial charge < -0.3 is 17.6 Å². The van der Waals surface area contributed by atoms with Crippen molar-refractivity contribution >= 4 is 0 Å². The summed E-state index contributed by atoms with van der Waals surface area (Å²) in [6.07, 6.45) is -14.3. The van der Waals surface area contributed by atoms with Crippen molar-refractivity contribution in [2.45, 2.75) is 77.6 Å². The first-order valence-corrected chi connectivity index (χ1v) is 7.61. The number of hydrogen-bond donors (Lipinski definition) is 2. The summed E-state index contributed by atoms with van der Waals surface area (Å²) in [5.74, 6) is 0. The molecule has 0 aliphatic rings. The number of alkyl halides is 6. The maximum atomic E-state index is 11.0. The molecule has 3 nitrogen and oxygen atoms in total. The molecule has 0 fully saturated rings. The second-order valence-electron chi connectivity index (χ2n) is 5.92. The molecule has 10 heteroatoms. The van der Waals surface area contributed by atoms with Crippen molar-refractivity contribution in [1.29, 1.82) is 0 Å². The first-order chi connectivity index (χ1) is 9.28. The molecule has 0 saturated heterocycles. The van der Waals surface area contributed by atoms with E-state index in [1.807, 2.05) is 0 Å². The number of rotatable bonds is 2. The normalized spacial score (nSPS) is 12.3. The molecule has 2 N–H and O–H groups in total. The average molecular weight is 523 g/mol. The Bertz CT molecular complexity index is 291. The molecule has 143 valence electrons. The van der Waals surface area contributed by atoms with Crippen LogP contribution in [0.4, 0.5) is 26.3 Å². The largest absolute Gasteiger partial charge is 0.423 e. The van der Waals surface area contributed by atoms with Gasteiger partial charge in [0, 0.05) is 0 Å². The van der Waals surface area contributed by atoms with Gasteiger partial charge in [-0.1, -0.05) is 0 Å². The van der Waals surface area contributed by atoms with Crippen LogP contribution in [-0.2, 0) is 20.9 Å². The SMILES string of the molecule is CC(C)(C)O.CCC(C)(C)[N]=[Ta].OC(C(F)(F)F)C(F)(F)F.[CH3-]. The molecule has 0 aliphatic carbocycles. The Balaban J connectivity index is -0.000000123. The van der Waals surface area contributed by atoms with Crippen molar-refractivity contribution in [3.8, 4) is 0 Å². The van der Waals surface area contributed by atoms with Crippen molar-refractivity contribution in [1.82, 2.24) is 0 Å². The van der Waals surface area contributed by atoms with Crippen molar-refractivity contribution in [2.24, 2.45) is 3.34 Å². The van der Waals surface area contributed by atoms with Crippen LogP contribution in [0.1, 0.15) is 48.0 Å². The van der Waals surface area contributed by atoms with E-state index >= 15 is 0 Å². The van der Waals surface area contributed by atoms with Gasteiger partial charge in [0.05, 0.1) is 5.60 Å². The molecule has 0 aliphatic heterocycles. The van der Waals surface area contributed by atoms with Gasteiger partial charge in [0.25, 0.3) is 0 Å². The topological polar surface area (TPSA) is 52.8 Å². The maximum Gasteiger partial charge on any atom is 0.423 e. The third kappa shape index (κ3) is 27.2. The van der Waals surface area contributed by atoms with Gasteiger partial charge in [0.2, 0.25) is 6.10 Å². The Morgan fingerprint density at radius 2 is 1.13 bits per heavy atom. The summed E-state index contributed by atoms with van der Waals surface area (Å²) in [6.45, 7) is 11.7. The summed E-state index contributed by atoms with van der Waals surface area (Å²) >= 11 is 1.16. The molecule has 0 heterocycles. The number of halogens is 6. The second kappa shape index (κ2) is 11.6. The van der Waals surface area contributed by atoms with E-state index in [4.69, 9.17) is 10.2 Å². The molecule has 0 radical (unpaired) electrons. The Morgan fingerprint density at radius 1 is 0.913 bits per heavy atom. The van der Waals surface area contributed by atoms with Crippen molar-refractivity contribution in [3.05, 3.63) is 7.43 Å². The van der Waals surface area contributed by atoms with Gasteiger partial charge in [-0.05, 0) is 20.8 Å². The van der Waals surface area contributed by atoms with E-state index in [0.717, 1.165) is 27.3 Å². The van der Waals surface area contributed by atoms with E-state index in [1.165, 1.54) is 0 Å². The smallest absolute Gasteiger partial charge is 0.377 e. The molecule has 0 aromatic carbocycles. The fourth-order valence-corrected chi connectivity index (χ4v) is 0.764. The third-order valence-corrected chi connectivity index (χ3v) is 3.70. The van der Waals surface area contributed by atoms with E-state index in [2.05, 4.69) is 24.1 Å². The summed E-state index contributed by atoms with van der Waals surface area (Å²) in [5.41, 5.74) is -0.242. The van der Waals surface area contributed by atoms with Gasteiger partial charge in [0.15, 0.2) is 0 Å². The summed E-state index contributed by atoms with van der Waals surface area (Å²) < 4.78 is 70.1. The van der Waals surface area contributed by atoms with Crippen LogP contribution >= 0.6 is 0 Å². The Labute approximate surface area is 146 Å². The minimum Gasteiger partial charge on any atom is -0.377 e. The van der Waals surface area contributed by atoms with E-state index in [-0.39, 0.29) is 13.0 Å². The van der Waals surface area contributed by atoms with E-state index in [1.54, 1.807) is 20.8 Å². The summed E-state index contributed by atoms with van der Waals surface area (Å²) in [7, 11) is 0. The van der Waals surface area contributed by atoms with Crippen molar-refractivity contribution in [3.63, 3.8) is 0 Å². The van der Waals surface area contributed by atoms with Crippen LogP contribution in [0.5, 0.6) is 0 Å². The Kier molecular flexibility index (Phi) is 15.5. The molecule has 0 amide bonds. The zero-order valence-corrected chi connectivity index (χ0v) is 17.6. The predicted molar refractivity (Wildman–Crippen MR) is 73.3 cm³/mol. The van der Waals surface area contributed by atoms with Crippen LogP contribution < -0.4 is 0 Å². The number of aliphatic hydroxyl groups excluding tert-OH is 1. The molecule has 0 unspecified atom stereocenters. The first kappa shape index (κ1) is 30.9. The second-order valence-corrected chi connectivity index (χ2v) is 6.64. The summed E-state index contributed by atoms with van der Waals surface area (Å²) in [4.78, 5) is 0. The predicted octanol–water partition coefficient (Wildman–Crippen LogP) is 4.60. The van der Waals surface area contributed by atoms with Gasteiger partial charge >= 0.3 is 69.3 Å². The van der Waals surface area contributed by atoms with Gasteiger partial charge in [0.1, 0.15) is 0 Å². The van der Waals surface area contributed by atoms with Crippen LogP contribution in [0.25, 0.3) is 0 Å². The average Bonchev–Trinajstić information content (AvgIpc) is 2.24. The van der Waals surface area contributed by atoms with Crippen LogP contribution in [0.3, 0.4) is 0 Å². The molecular formula is C13H26F6NO2Ta-. The van der Waals surface area contributed by atoms with Crippen LogP contribution in [0, 0.1) is 7.43 Å². The van der Waals surface area contributed by atoms with Crippen LogP contribution in [-0.4, -0.2) is 39.8 Å². The van der Waals surface area contributed by atoms with E-state index in [9.17, 15) is 26.3 Å². The minimum atomic E-state index is -5.63. The minimum absolute atomic E-state index is 0. The first-order valence-electron chi connectivity index (χ1n) is 6.18. The molecular weight excluding hydrogens is 497 g/mol. The zero-order chi connectivity index (χ0) is 19.0. The molecule has 0 rings (SSSR count). The van der Waals surface area contributed by atoms with E-state index in [0.29, 0.717) is 0 Å². The monoisotopic (exact) mass is 523 g/mol. The van der Waals surface area contributed by atoms with Gasteiger partial charge in [-0.15, -0.1) is 0 Å². The number of hydrogen-bond acceptors (Lipinski definition) is 3. The molecule has 0 atom stereocenters. The summed E-state index contributed by atoms with van der Waals surface area (Å²) in [6, 6.07) is 0. The zero-order valence-electron chi connectivity index (χ0n) is 14.3. The van der Waals surface area contributed by atoms with E-state index < -0.39 is 24.1 Å². The van der Waals surface area contributed by atoms with Crippen LogP contribution in [0.15, 0.2) is 3.34 Å².